The van der Waals surface area contributed by atoms with E-state index in [4.69, 9.17) is 27.7 Å². The molecule has 1 aromatic rings. The second kappa shape index (κ2) is 13.4. The molecular weight excluding hydrogens is 443 g/mol. The Morgan fingerprint density at radius 3 is 1.78 bits per heavy atom. The molecule has 0 amide bonds. The Kier molecular flexibility index (Phi) is 11.7. The van der Waals surface area contributed by atoms with E-state index in [1.807, 2.05) is 0 Å². The second-order valence-corrected chi connectivity index (χ2v) is 8.58. The zero-order chi connectivity index (χ0) is 24.3. The molecular formula is C21H33O10P. The highest BCUT2D eigenvalue weighted by Gasteiger charge is 2.37. The molecule has 11 heteroatoms. The predicted octanol–water partition coefficient (Wildman–Crippen LogP) is 3.82. The van der Waals surface area contributed by atoms with Crippen LogP contribution in [0.15, 0.2) is 4.42 Å². The van der Waals surface area contributed by atoms with Gasteiger partial charge in [0.05, 0.1) is 33.0 Å². The molecule has 0 radical (unpaired) electrons. The standard InChI is InChI=1S/C21H33O10P/c1-7-26-19(22)16(20(23)27-8-2)12-15-14(6)31-17(18(15)21(24)28-9-3)13-32(25,29-10-4)30-11-5/h16H,7-13H2,1-6H3. The Hall–Kier alpha value is -2.16. The first kappa shape index (κ1) is 27.9. The third kappa shape index (κ3) is 7.46. The van der Waals surface area contributed by atoms with Gasteiger partial charge in [0.1, 0.15) is 23.2 Å². The molecule has 0 unspecified atom stereocenters. The number of hydrogen-bond acceptors (Lipinski definition) is 10. The number of rotatable bonds is 14. The van der Waals surface area contributed by atoms with Crippen LogP contribution in [0.2, 0.25) is 0 Å². The summed E-state index contributed by atoms with van der Waals surface area (Å²) in [5, 5.41) is 0. The topological polar surface area (TPSA) is 128 Å². The highest BCUT2D eigenvalue weighted by atomic mass is 31.2. The van der Waals surface area contributed by atoms with E-state index in [1.54, 1.807) is 41.5 Å². The lowest BCUT2D eigenvalue weighted by Crippen LogP contribution is -2.30. The molecule has 0 saturated carbocycles. The average molecular weight is 476 g/mol. The number of hydrogen-bond donors (Lipinski definition) is 0. The summed E-state index contributed by atoms with van der Waals surface area (Å²) in [4.78, 5) is 37.7. The van der Waals surface area contributed by atoms with E-state index >= 15 is 0 Å². The molecule has 0 fully saturated rings. The molecule has 0 aliphatic rings. The molecule has 0 aliphatic heterocycles. The van der Waals surface area contributed by atoms with Crippen molar-refractivity contribution in [1.29, 1.82) is 0 Å². The van der Waals surface area contributed by atoms with Gasteiger partial charge in [-0.15, -0.1) is 0 Å². The van der Waals surface area contributed by atoms with Gasteiger partial charge < -0.3 is 27.7 Å². The Balaban J connectivity index is 3.49. The number of aryl methyl sites for hydroxylation is 1. The summed E-state index contributed by atoms with van der Waals surface area (Å²) >= 11 is 0. The zero-order valence-electron chi connectivity index (χ0n) is 19.6. The summed E-state index contributed by atoms with van der Waals surface area (Å²) in [6, 6.07) is 0. The van der Waals surface area contributed by atoms with E-state index in [-0.39, 0.29) is 68.3 Å². The van der Waals surface area contributed by atoms with Crippen LogP contribution in [0.3, 0.4) is 0 Å². The van der Waals surface area contributed by atoms with E-state index in [9.17, 15) is 18.9 Å². The molecule has 10 nitrogen and oxygen atoms in total. The van der Waals surface area contributed by atoms with Gasteiger partial charge in [-0.05, 0) is 41.5 Å². The van der Waals surface area contributed by atoms with Gasteiger partial charge in [-0.2, -0.15) is 0 Å². The van der Waals surface area contributed by atoms with Crippen LogP contribution in [0.25, 0.3) is 0 Å². The van der Waals surface area contributed by atoms with Crippen LogP contribution in [0.5, 0.6) is 0 Å². The number of carbonyl (C=O) groups excluding carboxylic acids is 3. The van der Waals surface area contributed by atoms with Crippen molar-refractivity contribution in [3.8, 4) is 0 Å². The summed E-state index contributed by atoms with van der Waals surface area (Å²) in [6.07, 6.45) is -0.526. The van der Waals surface area contributed by atoms with Gasteiger partial charge in [-0.1, -0.05) is 0 Å². The van der Waals surface area contributed by atoms with E-state index in [0.717, 1.165) is 0 Å². The van der Waals surface area contributed by atoms with Crippen molar-refractivity contribution in [2.75, 3.05) is 33.0 Å². The minimum atomic E-state index is -3.61. The van der Waals surface area contributed by atoms with Crippen molar-refractivity contribution >= 4 is 25.5 Å². The van der Waals surface area contributed by atoms with Gasteiger partial charge in [-0.25, -0.2) is 4.79 Å². The summed E-state index contributed by atoms with van der Waals surface area (Å²) < 4.78 is 44.6. The van der Waals surface area contributed by atoms with Crippen LogP contribution >= 0.6 is 7.60 Å². The summed E-state index contributed by atoms with van der Waals surface area (Å²) in [7, 11) is -3.61. The number of esters is 3. The fourth-order valence-corrected chi connectivity index (χ4v) is 4.71. The van der Waals surface area contributed by atoms with Crippen molar-refractivity contribution in [2.45, 2.75) is 54.1 Å². The van der Waals surface area contributed by atoms with E-state index < -0.39 is 31.4 Å². The van der Waals surface area contributed by atoms with Crippen molar-refractivity contribution in [2.24, 2.45) is 5.92 Å². The second-order valence-electron chi connectivity index (χ2n) is 6.52. The Labute approximate surface area is 188 Å². The fourth-order valence-electron chi connectivity index (χ4n) is 3.09. The number of furan rings is 1. The van der Waals surface area contributed by atoms with E-state index in [2.05, 4.69) is 0 Å². The van der Waals surface area contributed by atoms with Crippen LogP contribution in [-0.4, -0.2) is 50.9 Å². The molecule has 0 aliphatic carbocycles. The smallest absolute Gasteiger partial charge is 0.342 e. The maximum atomic E-state index is 13.0. The molecule has 0 spiro atoms. The summed E-state index contributed by atoms with van der Waals surface area (Å²) in [5.41, 5.74) is 0.256. The number of ether oxygens (including phenoxy) is 3. The van der Waals surface area contributed by atoms with Crippen molar-refractivity contribution in [3.05, 3.63) is 22.6 Å². The van der Waals surface area contributed by atoms with Crippen LogP contribution < -0.4 is 0 Å². The Morgan fingerprint density at radius 1 is 0.844 bits per heavy atom. The van der Waals surface area contributed by atoms with Crippen LogP contribution in [0.4, 0.5) is 0 Å². The van der Waals surface area contributed by atoms with Gasteiger partial charge in [0.2, 0.25) is 0 Å². The van der Waals surface area contributed by atoms with Gasteiger partial charge >= 0.3 is 25.5 Å². The largest absolute Gasteiger partial charge is 0.465 e. The molecule has 32 heavy (non-hydrogen) atoms. The first-order chi connectivity index (χ1) is 15.2. The minimum Gasteiger partial charge on any atom is -0.465 e. The fraction of sp³-hybridized carbons (Fsp3) is 0.667. The number of carbonyl (C=O) groups is 3. The highest BCUT2D eigenvalue weighted by Crippen LogP contribution is 2.52. The molecule has 0 saturated heterocycles. The lowest BCUT2D eigenvalue weighted by molar-refractivity contribution is -0.161. The quantitative estimate of drug-likeness (QED) is 0.169. The van der Waals surface area contributed by atoms with Crippen molar-refractivity contribution in [1.82, 2.24) is 0 Å². The van der Waals surface area contributed by atoms with E-state index in [0.29, 0.717) is 0 Å². The molecule has 0 atom stereocenters. The molecule has 0 aromatic carbocycles. The third-order valence-electron chi connectivity index (χ3n) is 4.30. The summed E-state index contributed by atoms with van der Waals surface area (Å²) in [5.74, 6) is -3.30. The SMILES string of the molecule is CCOC(=O)c1c(CP(=O)(OCC)OCC)oc(C)c1CC(C(=O)OCC)C(=O)OCC. The van der Waals surface area contributed by atoms with Crippen LogP contribution in [0, 0.1) is 12.8 Å². The third-order valence-corrected chi connectivity index (χ3v) is 6.28. The van der Waals surface area contributed by atoms with Crippen molar-refractivity contribution < 1.29 is 46.6 Å². The van der Waals surface area contributed by atoms with Crippen LogP contribution in [-0.2, 0) is 50.0 Å². The molecule has 1 rings (SSSR count). The Morgan fingerprint density at radius 2 is 1.34 bits per heavy atom. The van der Waals surface area contributed by atoms with Gasteiger partial charge in [0.15, 0.2) is 5.92 Å². The molecule has 182 valence electrons. The first-order valence-electron chi connectivity index (χ1n) is 10.7. The first-order valence-corrected chi connectivity index (χ1v) is 12.4. The minimum absolute atomic E-state index is 0.0115. The highest BCUT2D eigenvalue weighted by molar-refractivity contribution is 7.53. The zero-order valence-corrected chi connectivity index (χ0v) is 20.5. The lowest BCUT2D eigenvalue weighted by atomic mass is 9.96. The van der Waals surface area contributed by atoms with Crippen molar-refractivity contribution in [3.63, 3.8) is 0 Å². The lowest BCUT2D eigenvalue weighted by Gasteiger charge is -2.17. The maximum absolute atomic E-state index is 13.0. The van der Waals surface area contributed by atoms with Gasteiger partial charge in [0.25, 0.3) is 0 Å². The normalized spacial score (nSPS) is 11.5. The maximum Gasteiger partial charge on any atom is 0.342 e. The van der Waals surface area contributed by atoms with Gasteiger partial charge in [0, 0.05) is 12.0 Å². The van der Waals surface area contributed by atoms with Crippen LogP contribution in [0.1, 0.15) is 62.1 Å². The predicted molar refractivity (Wildman–Crippen MR) is 114 cm³/mol. The molecule has 1 aromatic heterocycles. The molecule has 0 bridgehead atoms. The molecule has 1 heterocycles. The summed E-state index contributed by atoms with van der Waals surface area (Å²) in [6.45, 7) is 10.3. The monoisotopic (exact) mass is 476 g/mol. The van der Waals surface area contributed by atoms with Gasteiger partial charge in [-0.3, -0.25) is 14.2 Å². The Bertz CT molecular complexity index is 801. The average Bonchev–Trinajstić information content (AvgIpc) is 3.01. The molecule has 0 N–H and O–H groups in total. The van der Waals surface area contributed by atoms with E-state index in [1.165, 1.54) is 0 Å².